The molecule has 82 heavy (non-hydrogen) atoms. The summed E-state index contributed by atoms with van der Waals surface area (Å²) in [6, 6.07) is 37.3. The molecule has 7 N–H and O–H groups in total. The Morgan fingerprint density at radius 3 is 1.62 bits per heavy atom. The molecule has 10 atom stereocenters. The fraction of sp³-hybridized carbons (Fsp3) is 0.569. The molecule has 0 radical (unpaired) electrons. The number of piperidine rings is 2. The molecule has 0 spiro atoms. The van der Waals surface area contributed by atoms with Gasteiger partial charge < -0.3 is 46.3 Å². The summed E-state index contributed by atoms with van der Waals surface area (Å²) in [5.74, 6) is 3.30. The molecule has 4 amide bonds. The normalized spacial score (nSPS) is 23.1. The molecule has 2 heterocycles. The lowest BCUT2D eigenvalue weighted by Crippen LogP contribution is -2.62. The number of thioether (sulfide) groups is 2. The molecule has 0 bridgehead atoms. The van der Waals surface area contributed by atoms with Crippen molar-refractivity contribution in [1.29, 1.82) is 0 Å². The van der Waals surface area contributed by atoms with Gasteiger partial charge in [-0.15, -0.1) is 35.1 Å². The summed E-state index contributed by atoms with van der Waals surface area (Å²) in [4.78, 5) is 54.8. The molecule has 2 aliphatic heterocycles. The van der Waals surface area contributed by atoms with E-state index in [2.05, 4.69) is 38.4 Å². The predicted molar refractivity (Wildman–Crippen MR) is 332 cm³/mol. The number of aliphatic hydroxyl groups excluding tert-OH is 2. The summed E-state index contributed by atoms with van der Waals surface area (Å²) in [5.41, 5.74) is 1.46. The average Bonchev–Trinajstić information content (AvgIpc) is 3.16. The van der Waals surface area contributed by atoms with Gasteiger partial charge in [-0.3, -0.25) is 14.5 Å². The van der Waals surface area contributed by atoms with Crippen LogP contribution in [0.1, 0.15) is 124 Å². The van der Waals surface area contributed by atoms with Gasteiger partial charge in [-0.1, -0.05) is 136 Å². The van der Waals surface area contributed by atoms with Gasteiger partial charge >= 0.3 is 12.2 Å². The molecule has 0 unspecified atom stereocenters. The number of amides is 4. The highest BCUT2D eigenvalue weighted by atomic mass is 35.5. The van der Waals surface area contributed by atoms with Gasteiger partial charge in [0, 0.05) is 45.5 Å². The monoisotopic (exact) mass is 1180 g/mol. The van der Waals surface area contributed by atoms with E-state index in [9.17, 15) is 29.4 Å². The molecule has 4 aliphatic rings. The zero-order valence-corrected chi connectivity index (χ0v) is 51.8. The second-order valence-electron chi connectivity index (χ2n) is 24.9. The molecule has 0 aromatic heterocycles. The van der Waals surface area contributed by atoms with Crippen LogP contribution in [-0.2, 0) is 32.3 Å². The van der Waals surface area contributed by atoms with E-state index in [-0.39, 0.29) is 59.5 Å². The van der Waals surface area contributed by atoms with Gasteiger partial charge in [0.2, 0.25) is 11.8 Å². The number of alkyl halides is 1. The zero-order chi connectivity index (χ0) is 59.1. The van der Waals surface area contributed by atoms with E-state index < -0.39 is 36.5 Å². The predicted octanol–water partition coefficient (Wildman–Crippen LogP) is 11.4. The summed E-state index contributed by atoms with van der Waals surface area (Å²) < 4.78 is 10.7. The van der Waals surface area contributed by atoms with Crippen LogP contribution in [0.5, 0.6) is 0 Å². The highest BCUT2D eigenvalue weighted by Crippen LogP contribution is 2.48. The standard InChI is InChI=1S/C33H47N3O4S.C18H20ClNO3S.C14H26N2O/c1-32(2,3)35-30(38)28-19-33(4)18-12-11-15-25(33)20-36(28)21-29(37)27(23-41-26-16-9-6-10-17-26)34-31(39)40-22-24-13-7-5-8-14-24;19-11-17(21)16(13-24-15-9-5-2-6-10-15)20-18(22)23-12-14-7-3-1-4-8-14;1-14(2,3)16-13(17)12-8-10-6-4-5-7-11(10)9-15-12/h5-10,13-14,16-17,25,27-29,37H,11-12,15,18-23H2,1-4H3,(H,34,39)(H,35,38);1-10,16-17,21H,11-13H2,(H,20,22);10-12,15H,4-9H2,1-3H3,(H,16,17)/t25-,27+,28+,29-,33+;16-,17+;10-,11+,12-/m100/s1. The van der Waals surface area contributed by atoms with Crippen molar-refractivity contribution in [1.82, 2.24) is 31.5 Å². The summed E-state index contributed by atoms with van der Waals surface area (Å²) in [5, 5.41) is 36.9. The topological polar surface area (TPSA) is 191 Å². The number of carbonyl (C=O) groups is 4. The number of hydrogen-bond donors (Lipinski definition) is 7. The van der Waals surface area contributed by atoms with Crippen molar-refractivity contribution in [2.75, 3.05) is 37.0 Å². The van der Waals surface area contributed by atoms with Gasteiger partial charge in [-0.2, -0.15) is 0 Å². The highest BCUT2D eigenvalue weighted by Gasteiger charge is 2.48. The Morgan fingerprint density at radius 2 is 1.12 bits per heavy atom. The Morgan fingerprint density at radius 1 is 0.659 bits per heavy atom. The van der Waals surface area contributed by atoms with E-state index in [1.807, 2.05) is 163 Å². The number of hydrogen-bond acceptors (Lipinski definition) is 12. The fourth-order valence-corrected chi connectivity index (χ4v) is 13.6. The third-order valence-corrected chi connectivity index (χ3v) is 18.4. The number of nitrogens with zero attached hydrogens (tertiary/aromatic N) is 1. The van der Waals surface area contributed by atoms with Crippen LogP contribution >= 0.6 is 35.1 Å². The first kappa shape index (κ1) is 66.3. The number of benzene rings is 4. The van der Waals surface area contributed by atoms with Gasteiger partial charge in [-0.05, 0) is 139 Å². The minimum atomic E-state index is -0.881. The minimum Gasteiger partial charge on any atom is -0.445 e. The molecule has 2 saturated carbocycles. The molecule has 4 aromatic carbocycles. The Kier molecular flexibility index (Phi) is 26.7. The van der Waals surface area contributed by atoms with Crippen molar-refractivity contribution in [3.8, 4) is 0 Å². The SMILES string of the molecule is CC(C)(C)NC(=O)[C@@H]1C[C@@H]2CCCC[C@@H]2CN1.CC(C)(C)NC(=O)[C@@H]1C[C@]2(C)CCCC[C@@H]2CN1C[C@@H](O)[C@H](CSc1ccccc1)NC(=O)OCc1ccccc1.O=C(N[C@@H](CSc1ccccc1)[C@H](O)CCl)OCc1ccccc1. The first-order chi connectivity index (χ1) is 39.2. The van der Waals surface area contributed by atoms with Crippen molar-refractivity contribution in [3.63, 3.8) is 0 Å². The zero-order valence-electron chi connectivity index (χ0n) is 49.5. The van der Waals surface area contributed by atoms with Crippen molar-refractivity contribution >= 4 is 59.1 Å². The summed E-state index contributed by atoms with van der Waals surface area (Å²) >= 11 is 8.85. The number of fused-ring (bicyclic) bond motifs is 2. The van der Waals surface area contributed by atoms with Crippen LogP contribution in [-0.4, -0.2) is 124 Å². The van der Waals surface area contributed by atoms with Crippen LogP contribution in [0.3, 0.4) is 0 Å². The molecule has 450 valence electrons. The number of ether oxygens (including phenoxy) is 2. The fourth-order valence-electron chi connectivity index (χ4n) is 11.4. The Hall–Kier alpha value is -4.81. The lowest BCUT2D eigenvalue weighted by molar-refractivity contribution is -0.136. The second kappa shape index (κ2) is 33.0. The molecule has 4 fully saturated rings. The van der Waals surface area contributed by atoms with Crippen LogP contribution in [0.15, 0.2) is 131 Å². The highest BCUT2D eigenvalue weighted by molar-refractivity contribution is 7.99. The number of rotatable bonds is 19. The molecule has 2 aliphatic carbocycles. The van der Waals surface area contributed by atoms with Gasteiger partial charge in [0.1, 0.15) is 13.2 Å². The van der Waals surface area contributed by atoms with Gasteiger partial charge in [0.15, 0.2) is 0 Å². The maximum atomic E-state index is 13.6. The molecular formula is C65H93ClN6O8S2. The summed E-state index contributed by atoms with van der Waals surface area (Å²) in [7, 11) is 0. The van der Waals surface area contributed by atoms with Crippen molar-refractivity contribution in [3.05, 3.63) is 132 Å². The van der Waals surface area contributed by atoms with Gasteiger partial charge in [0.25, 0.3) is 0 Å². The Balaban J connectivity index is 0.000000221. The molecule has 14 nitrogen and oxygen atoms in total. The Bertz CT molecular complexity index is 2530. The maximum Gasteiger partial charge on any atom is 0.407 e. The van der Waals surface area contributed by atoms with Gasteiger partial charge in [-0.25, -0.2) is 9.59 Å². The van der Waals surface area contributed by atoms with Crippen LogP contribution in [0.2, 0.25) is 0 Å². The number of nitrogens with one attached hydrogen (secondary N) is 5. The van der Waals surface area contributed by atoms with E-state index in [1.54, 1.807) is 11.8 Å². The maximum absolute atomic E-state index is 13.6. The Labute approximate surface area is 502 Å². The lowest BCUT2D eigenvalue weighted by Gasteiger charge is -2.52. The smallest absolute Gasteiger partial charge is 0.407 e. The lowest BCUT2D eigenvalue weighted by atomic mass is 9.62. The number of alkyl carbamates (subject to hydrolysis) is 2. The van der Waals surface area contributed by atoms with E-state index in [4.69, 9.17) is 21.1 Å². The van der Waals surface area contributed by atoms with Crippen molar-refractivity contribution < 1.29 is 38.9 Å². The van der Waals surface area contributed by atoms with Crippen molar-refractivity contribution in [2.45, 2.75) is 183 Å². The second-order valence-corrected chi connectivity index (χ2v) is 27.4. The molecule has 2 saturated heterocycles. The summed E-state index contributed by atoms with van der Waals surface area (Å²) in [6.45, 7) is 16.9. The number of likely N-dealkylation sites (tertiary alicyclic amines) is 1. The van der Waals surface area contributed by atoms with E-state index >= 15 is 0 Å². The largest absolute Gasteiger partial charge is 0.445 e. The molecule has 4 aromatic rings. The molecule has 8 rings (SSSR count). The average molecular weight is 1190 g/mol. The first-order valence-electron chi connectivity index (χ1n) is 29.5. The van der Waals surface area contributed by atoms with E-state index in [0.29, 0.717) is 24.0 Å². The van der Waals surface area contributed by atoms with Crippen LogP contribution in [0.4, 0.5) is 9.59 Å². The van der Waals surface area contributed by atoms with Crippen LogP contribution < -0.4 is 26.6 Å². The third kappa shape index (κ3) is 23.0. The van der Waals surface area contributed by atoms with Crippen LogP contribution in [0.25, 0.3) is 0 Å². The van der Waals surface area contributed by atoms with E-state index in [0.717, 1.165) is 71.5 Å². The van der Waals surface area contributed by atoms with Crippen molar-refractivity contribution in [2.24, 2.45) is 23.2 Å². The number of aliphatic hydroxyl groups is 2. The number of β-amino-alcohol motifs (C(OH)–C–C–N with tert-alkyl or cyclic N) is 1. The first-order valence-corrected chi connectivity index (χ1v) is 32.0. The van der Waals surface area contributed by atoms with Gasteiger partial charge in [0.05, 0.1) is 42.3 Å². The van der Waals surface area contributed by atoms with Crippen LogP contribution in [0, 0.1) is 23.2 Å². The summed E-state index contributed by atoms with van der Waals surface area (Å²) in [6.07, 6.45) is 9.07. The van der Waals surface area contributed by atoms with E-state index in [1.165, 1.54) is 50.3 Å². The molecular weight excluding hydrogens is 1090 g/mol. The third-order valence-electron chi connectivity index (χ3n) is 15.8. The minimum absolute atomic E-state index is 0.0142. The molecule has 17 heteroatoms. The quantitative estimate of drug-likeness (QED) is 0.0348. The number of halogens is 1. The number of carbonyl (C=O) groups excluding carboxylic acids is 4.